The SMILES string of the molecule is CCC(CCO)CNC(=O)c1cc[nH]c(=O)c1. The molecule has 5 nitrogen and oxygen atoms in total. The summed E-state index contributed by atoms with van der Waals surface area (Å²) >= 11 is 0. The Morgan fingerprint density at radius 1 is 1.59 bits per heavy atom. The van der Waals surface area contributed by atoms with Crippen LogP contribution >= 0.6 is 0 Å². The van der Waals surface area contributed by atoms with Gasteiger partial charge >= 0.3 is 0 Å². The molecular formula is C12H18N2O3. The van der Waals surface area contributed by atoms with Crippen molar-refractivity contribution in [3.8, 4) is 0 Å². The van der Waals surface area contributed by atoms with E-state index in [0.29, 0.717) is 18.5 Å². The third kappa shape index (κ3) is 4.40. The van der Waals surface area contributed by atoms with Crippen molar-refractivity contribution in [3.05, 3.63) is 34.2 Å². The average Bonchev–Trinajstić information content (AvgIpc) is 2.34. The van der Waals surface area contributed by atoms with Gasteiger partial charge in [-0.05, 0) is 18.4 Å². The minimum Gasteiger partial charge on any atom is -0.396 e. The molecule has 0 aliphatic carbocycles. The number of aromatic nitrogens is 1. The number of aliphatic hydroxyl groups excluding tert-OH is 1. The van der Waals surface area contributed by atoms with E-state index in [2.05, 4.69) is 10.3 Å². The summed E-state index contributed by atoms with van der Waals surface area (Å²) in [6.07, 6.45) is 3.02. The third-order valence-corrected chi connectivity index (χ3v) is 2.70. The number of amides is 1. The predicted molar refractivity (Wildman–Crippen MR) is 64.9 cm³/mol. The molecule has 0 radical (unpaired) electrons. The summed E-state index contributed by atoms with van der Waals surface area (Å²) in [5.41, 5.74) is 0.0626. The summed E-state index contributed by atoms with van der Waals surface area (Å²) in [4.78, 5) is 25.2. The molecule has 0 aromatic carbocycles. The van der Waals surface area contributed by atoms with Gasteiger partial charge in [0.2, 0.25) is 5.56 Å². The van der Waals surface area contributed by atoms with Gasteiger partial charge in [-0.25, -0.2) is 0 Å². The smallest absolute Gasteiger partial charge is 0.251 e. The lowest BCUT2D eigenvalue weighted by Gasteiger charge is -2.14. The lowest BCUT2D eigenvalue weighted by Crippen LogP contribution is -2.30. The van der Waals surface area contributed by atoms with E-state index in [1.807, 2.05) is 6.92 Å². The molecule has 0 aliphatic heterocycles. The van der Waals surface area contributed by atoms with Crippen LogP contribution in [0, 0.1) is 5.92 Å². The number of H-pyrrole nitrogens is 1. The number of nitrogens with one attached hydrogen (secondary N) is 2. The summed E-state index contributed by atoms with van der Waals surface area (Å²) in [6.45, 7) is 2.65. The molecule has 1 aromatic heterocycles. The minimum atomic E-state index is -0.292. The Balaban J connectivity index is 2.52. The van der Waals surface area contributed by atoms with E-state index in [0.717, 1.165) is 6.42 Å². The number of pyridine rings is 1. The van der Waals surface area contributed by atoms with Crippen molar-refractivity contribution in [1.82, 2.24) is 10.3 Å². The third-order valence-electron chi connectivity index (χ3n) is 2.70. The van der Waals surface area contributed by atoms with Gasteiger partial charge in [0.25, 0.3) is 5.91 Å². The van der Waals surface area contributed by atoms with E-state index in [9.17, 15) is 9.59 Å². The van der Waals surface area contributed by atoms with Crippen LogP contribution in [-0.4, -0.2) is 29.1 Å². The Bertz CT molecular complexity index is 414. The number of aliphatic hydroxyl groups is 1. The van der Waals surface area contributed by atoms with Gasteiger partial charge in [0.05, 0.1) is 0 Å². The molecule has 17 heavy (non-hydrogen) atoms. The topological polar surface area (TPSA) is 82.2 Å². The Kier molecular flexibility index (Phi) is 5.42. The van der Waals surface area contributed by atoms with E-state index in [4.69, 9.17) is 5.11 Å². The van der Waals surface area contributed by atoms with Gasteiger partial charge in [0.15, 0.2) is 0 Å². The first kappa shape index (κ1) is 13.4. The molecule has 1 rings (SSSR count). The maximum atomic E-state index is 11.7. The molecule has 0 bridgehead atoms. The van der Waals surface area contributed by atoms with Gasteiger partial charge < -0.3 is 15.4 Å². The zero-order valence-corrected chi connectivity index (χ0v) is 9.90. The monoisotopic (exact) mass is 238 g/mol. The van der Waals surface area contributed by atoms with Gasteiger partial charge in [0.1, 0.15) is 0 Å². The highest BCUT2D eigenvalue weighted by atomic mass is 16.3. The van der Waals surface area contributed by atoms with Crippen LogP contribution in [0.3, 0.4) is 0 Å². The van der Waals surface area contributed by atoms with Crippen molar-refractivity contribution < 1.29 is 9.90 Å². The fourth-order valence-corrected chi connectivity index (χ4v) is 1.56. The lowest BCUT2D eigenvalue weighted by atomic mass is 10.0. The highest BCUT2D eigenvalue weighted by Crippen LogP contribution is 2.06. The molecular weight excluding hydrogens is 220 g/mol. The van der Waals surface area contributed by atoms with E-state index in [1.54, 1.807) is 6.07 Å². The van der Waals surface area contributed by atoms with Gasteiger partial charge in [0, 0.05) is 31.0 Å². The van der Waals surface area contributed by atoms with Crippen LogP contribution in [0.4, 0.5) is 0 Å². The van der Waals surface area contributed by atoms with Crippen LogP contribution in [0.5, 0.6) is 0 Å². The highest BCUT2D eigenvalue weighted by molar-refractivity contribution is 5.93. The number of carbonyl (C=O) groups excluding carboxylic acids is 1. The van der Waals surface area contributed by atoms with Gasteiger partial charge in [-0.2, -0.15) is 0 Å². The first-order valence-electron chi connectivity index (χ1n) is 5.75. The molecule has 0 saturated carbocycles. The second kappa shape index (κ2) is 6.85. The second-order valence-corrected chi connectivity index (χ2v) is 3.94. The first-order valence-corrected chi connectivity index (χ1v) is 5.75. The number of rotatable bonds is 6. The zero-order valence-electron chi connectivity index (χ0n) is 9.90. The summed E-state index contributed by atoms with van der Waals surface area (Å²) in [5.74, 6) is 0.0124. The second-order valence-electron chi connectivity index (χ2n) is 3.94. The van der Waals surface area contributed by atoms with Crippen LogP contribution in [0.15, 0.2) is 23.1 Å². The fraction of sp³-hybridized carbons (Fsp3) is 0.500. The summed E-state index contributed by atoms with van der Waals surface area (Å²) in [6, 6.07) is 2.83. The number of hydrogen-bond donors (Lipinski definition) is 3. The molecule has 5 heteroatoms. The van der Waals surface area contributed by atoms with Gasteiger partial charge in [-0.15, -0.1) is 0 Å². The standard InChI is InChI=1S/C12H18N2O3/c1-2-9(4-6-15)8-14-12(17)10-3-5-13-11(16)7-10/h3,5,7,9,15H,2,4,6,8H2,1H3,(H,13,16)(H,14,17). The van der Waals surface area contributed by atoms with Crippen molar-refractivity contribution in [2.24, 2.45) is 5.92 Å². The first-order chi connectivity index (χ1) is 8.17. The molecule has 0 saturated heterocycles. The molecule has 1 atom stereocenters. The Morgan fingerprint density at radius 2 is 2.35 bits per heavy atom. The number of aromatic amines is 1. The number of hydrogen-bond acceptors (Lipinski definition) is 3. The average molecular weight is 238 g/mol. The highest BCUT2D eigenvalue weighted by Gasteiger charge is 2.09. The zero-order chi connectivity index (χ0) is 12.7. The molecule has 0 fully saturated rings. The molecule has 1 unspecified atom stereocenters. The van der Waals surface area contributed by atoms with E-state index >= 15 is 0 Å². The number of carbonyl (C=O) groups is 1. The Labute approximate surface area is 99.9 Å². The molecule has 1 heterocycles. The van der Waals surface area contributed by atoms with Crippen LogP contribution in [0.1, 0.15) is 30.1 Å². The summed E-state index contributed by atoms with van der Waals surface area (Å²) < 4.78 is 0. The maximum absolute atomic E-state index is 11.7. The van der Waals surface area contributed by atoms with Crippen molar-refractivity contribution in [3.63, 3.8) is 0 Å². The van der Waals surface area contributed by atoms with Gasteiger partial charge in [-0.3, -0.25) is 9.59 Å². The Hall–Kier alpha value is -1.62. The van der Waals surface area contributed by atoms with Crippen molar-refractivity contribution in [2.75, 3.05) is 13.2 Å². The van der Waals surface area contributed by atoms with Crippen LogP contribution < -0.4 is 10.9 Å². The lowest BCUT2D eigenvalue weighted by molar-refractivity contribution is 0.0943. The molecule has 1 amide bonds. The van der Waals surface area contributed by atoms with E-state index < -0.39 is 0 Å². The molecule has 1 aromatic rings. The van der Waals surface area contributed by atoms with Crippen LogP contribution in [-0.2, 0) is 0 Å². The fourth-order valence-electron chi connectivity index (χ4n) is 1.56. The normalized spacial score (nSPS) is 12.1. The van der Waals surface area contributed by atoms with E-state index in [1.165, 1.54) is 12.3 Å². The van der Waals surface area contributed by atoms with Crippen molar-refractivity contribution >= 4 is 5.91 Å². The quantitative estimate of drug-likeness (QED) is 0.675. The molecule has 0 spiro atoms. The molecule has 3 N–H and O–H groups in total. The molecule has 0 aliphatic rings. The van der Waals surface area contributed by atoms with Crippen LogP contribution in [0.2, 0.25) is 0 Å². The summed E-state index contributed by atoms with van der Waals surface area (Å²) in [5, 5.41) is 11.6. The van der Waals surface area contributed by atoms with Gasteiger partial charge in [-0.1, -0.05) is 13.3 Å². The summed E-state index contributed by atoms with van der Waals surface area (Å²) in [7, 11) is 0. The van der Waals surface area contributed by atoms with E-state index in [-0.39, 0.29) is 24.0 Å². The van der Waals surface area contributed by atoms with Crippen LogP contribution in [0.25, 0.3) is 0 Å². The predicted octanol–water partition coefficient (Wildman–Crippen LogP) is 0.513. The molecule has 94 valence electrons. The van der Waals surface area contributed by atoms with Crippen molar-refractivity contribution in [1.29, 1.82) is 0 Å². The maximum Gasteiger partial charge on any atom is 0.251 e. The van der Waals surface area contributed by atoms with Crippen molar-refractivity contribution in [2.45, 2.75) is 19.8 Å². The largest absolute Gasteiger partial charge is 0.396 e. The Morgan fingerprint density at radius 3 is 2.94 bits per heavy atom. The minimum absolute atomic E-state index is 0.124.